The summed E-state index contributed by atoms with van der Waals surface area (Å²) in [5.74, 6) is -0.0303. The van der Waals surface area contributed by atoms with Gasteiger partial charge in [0.25, 0.3) is 5.91 Å². The summed E-state index contributed by atoms with van der Waals surface area (Å²) in [5.41, 5.74) is 3.84. The van der Waals surface area contributed by atoms with Crippen LogP contribution in [0, 0.1) is 5.82 Å². The van der Waals surface area contributed by atoms with E-state index in [9.17, 15) is 17.6 Å². The van der Waals surface area contributed by atoms with Crippen LogP contribution in [-0.2, 0) is 10.0 Å². The van der Waals surface area contributed by atoms with Crippen LogP contribution < -0.4 is 14.4 Å². The van der Waals surface area contributed by atoms with E-state index in [1.165, 1.54) is 49.7 Å². The number of carbonyl (C=O) groups excluding carboxylic acids is 1. The van der Waals surface area contributed by atoms with Crippen LogP contribution in [0.5, 0.6) is 5.75 Å². The highest BCUT2D eigenvalue weighted by atomic mass is 32.2. The van der Waals surface area contributed by atoms with E-state index in [1.54, 1.807) is 31.5 Å². The molecule has 3 aromatic carbocycles. The van der Waals surface area contributed by atoms with E-state index in [4.69, 9.17) is 14.1 Å². The van der Waals surface area contributed by atoms with Gasteiger partial charge in [-0.15, -0.1) is 11.3 Å². The number of fused-ring (bicyclic) bond motifs is 2. The smallest absolute Gasteiger partial charge is 0.255 e. The first kappa shape index (κ1) is 28.3. The number of thiazole rings is 1. The number of methoxy groups -OCH3 is 1. The number of rotatable bonds is 7. The highest BCUT2D eigenvalue weighted by Gasteiger charge is 2.26. The Morgan fingerprint density at radius 1 is 1.05 bits per heavy atom. The van der Waals surface area contributed by atoms with E-state index in [-0.39, 0.29) is 16.9 Å². The second-order valence-corrected chi connectivity index (χ2v) is 12.8. The fraction of sp³-hybridized carbons (Fsp3) is 0.129. The van der Waals surface area contributed by atoms with Gasteiger partial charge in [-0.25, -0.2) is 22.8 Å². The van der Waals surface area contributed by atoms with Crippen molar-refractivity contribution < 1.29 is 26.8 Å². The Morgan fingerprint density at radius 3 is 2.47 bits per heavy atom. The molecule has 0 aliphatic rings. The zero-order valence-corrected chi connectivity index (χ0v) is 25.1. The van der Waals surface area contributed by atoms with Gasteiger partial charge in [0, 0.05) is 42.9 Å². The molecule has 0 spiro atoms. The topological polar surface area (TPSA) is 115 Å². The van der Waals surface area contributed by atoms with Crippen LogP contribution in [0.15, 0.2) is 77.3 Å². The van der Waals surface area contributed by atoms with Crippen LogP contribution in [0.4, 0.5) is 10.1 Å². The number of benzene rings is 3. The number of hydrogen-bond donors (Lipinski definition) is 1. The molecule has 0 aliphatic carbocycles. The van der Waals surface area contributed by atoms with E-state index in [1.807, 2.05) is 24.3 Å². The Kier molecular flexibility index (Phi) is 7.10. The van der Waals surface area contributed by atoms with E-state index in [2.05, 4.69) is 10.3 Å². The van der Waals surface area contributed by atoms with Gasteiger partial charge >= 0.3 is 0 Å². The van der Waals surface area contributed by atoms with Crippen molar-refractivity contribution in [2.24, 2.45) is 0 Å². The molecule has 12 heteroatoms. The minimum atomic E-state index is -3.70. The summed E-state index contributed by atoms with van der Waals surface area (Å²) in [6.45, 7) is 0. The lowest BCUT2D eigenvalue weighted by Gasteiger charge is -2.21. The third kappa shape index (κ3) is 5.08. The van der Waals surface area contributed by atoms with E-state index < -0.39 is 21.7 Å². The molecule has 0 saturated heterocycles. The molecule has 1 amide bonds. The number of hydrogen-bond acceptors (Lipinski definition) is 8. The standard InChI is InChI=1S/C31H25FN4O5S2/c1-33-30(37)27-21-15-20(18-9-12-24(40-3)22(14-18)31-35-29-26(42-31)6-5-13-34-29)23(36(2)43(4,38)39)16-25(21)41-28(27)17-7-10-19(32)11-8-17/h5-16H,1-4H3,(H,33,37). The van der Waals surface area contributed by atoms with Gasteiger partial charge in [-0.2, -0.15) is 0 Å². The number of halogens is 1. The molecular weight excluding hydrogens is 591 g/mol. The molecular formula is C31H25FN4O5S2. The summed E-state index contributed by atoms with van der Waals surface area (Å²) in [4.78, 5) is 22.2. The number of amides is 1. The molecule has 0 radical (unpaired) electrons. The fourth-order valence-electron chi connectivity index (χ4n) is 4.88. The Labute approximate surface area is 250 Å². The highest BCUT2D eigenvalue weighted by molar-refractivity contribution is 7.92. The second kappa shape index (κ2) is 10.8. The van der Waals surface area contributed by atoms with Gasteiger partial charge in [0.2, 0.25) is 10.0 Å². The normalized spacial score (nSPS) is 11.7. The molecule has 3 heterocycles. The molecule has 3 aromatic heterocycles. The van der Waals surface area contributed by atoms with Crippen molar-refractivity contribution in [2.45, 2.75) is 0 Å². The van der Waals surface area contributed by atoms with Gasteiger partial charge in [0.05, 0.1) is 34.9 Å². The van der Waals surface area contributed by atoms with Crippen LogP contribution in [-0.4, -0.2) is 51.8 Å². The minimum absolute atomic E-state index is 0.233. The van der Waals surface area contributed by atoms with Gasteiger partial charge in [0.15, 0.2) is 5.65 Å². The third-order valence-corrected chi connectivity index (χ3v) is 9.34. The summed E-state index contributed by atoms with van der Waals surface area (Å²) < 4.78 is 53.2. The molecule has 43 heavy (non-hydrogen) atoms. The molecule has 0 saturated carbocycles. The van der Waals surface area contributed by atoms with Crippen molar-refractivity contribution in [3.05, 3.63) is 84.3 Å². The predicted octanol–water partition coefficient (Wildman–Crippen LogP) is 6.34. The molecule has 0 aliphatic heterocycles. The number of ether oxygens (including phenoxy) is 1. The number of nitrogens with one attached hydrogen (secondary N) is 1. The largest absolute Gasteiger partial charge is 0.496 e. The average Bonchev–Trinajstić information content (AvgIpc) is 3.61. The molecule has 0 bridgehead atoms. The van der Waals surface area contributed by atoms with Crippen LogP contribution in [0.3, 0.4) is 0 Å². The van der Waals surface area contributed by atoms with Crippen molar-refractivity contribution in [1.82, 2.24) is 15.3 Å². The molecule has 0 unspecified atom stereocenters. The molecule has 1 N–H and O–H groups in total. The van der Waals surface area contributed by atoms with Crippen molar-refractivity contribution in [1.29, 1.82) is 0 Å². The van der Waals surface area contributed by atoms with Crippen molar-refractivity contribution in [2.75, 3.05) is 31.8 Å². The number of sulfonamides is 1. The Morgan fingerprint density at radius 2 is 1.79 bits per heavy atom. The Balaban J connectivity index is 1.64. The van der Waals surface area contributed by atoms with Gasteiger partial charge < -0.3 is 14.5 Å². The highest BCUT2D eigenvalue weighted by Crippen LogP contribution is 2.44. The SMILES string of the molecule is CNC(=O)c1c(-c2ccc(F)cc2)oc2cc(N(C)S(C)(=O)=O)c(-c3ccc(OC)c(-c4nc5ncccc5s4)c3)cc12. The molecule has 6 aromatic rings. The second-order valence-electron chi connectivity index (χ2n) is 9.75. The maximum absolute atomic E-state index is 13.7. The van der Waals surface area contributed by atoms with Gasteiger partial charge in [-0.3, -0.25) is 9.10 Å². The van der Waals surface area contributed by atoms with Crippen LogP contribution in [0.2, 0.25) is 0 Å². The molecule has 0 fully saturated rings. The summed E-state index contributed by atoms with van der Waals surface area (Å²) in [6, 6.07) is 18.2. The molecule has 6 rings (SSSR count). The van der Waals surface area contributed by atoms with Crippen molar-refractivity contribution >= 4 is 54.3 Å². The van der Waals surface area contributed by atoms with Crippen LogP contribution >= 0.6 is 11.3 Å². The number of pyridine rings is 1. The Hall–Kier alpha value is -4.81. The van der Waals surface area contributed by atoms with E-state index in [0.29, 0.717) is 49.7 Å². The number of aromatic nitrogens is 2. The summed E-state index contributed by atoms with van der Waals surface area (Å²) in [6.07, 6.45) is 2.79. The van der Waals surface area contributed by atoms with Crippen LogP contribution in [0.1, 0.15) is 10.4 Å². The third-order valence-electron chi connectivity index (χ3n) is 7.11. The van der Waals surface area contributed by atoms with E-state index in [0.717, 1.165) is 15.3 Å². The van der Waals surface area contributed by atoms with E-state index >= 15 is 0 Å². The quantitative estimate of drug-likeness (QED) is 0.223. The van der Waals surface area contributed by atoms with Gasteiger partial charge in [0.1, 0.15) is 27.9 Å². The first-order valence-corrected chi connectivity index (χ1v) is 15.7. The monoisotopic (exact) mass is 616 g/mol. The van der Waals surface area contributed by atoms with Gasteiger partial charge in [-0.05, 0) is 60.2 Å². The lowest BCUT2D eigenvalue weighted by Crippen LogP contribution is -2.25. The number of furan rings is 1. The number of carbonyl (C=O) groups is 1. The zero-order chi connectivity index (χ0) is 30.5. The predicted molar refractivity (Wildman–Crippen MR) is 167 cm³/mol. The maximum atomic E-state index is 13.7. The van der Waals surface area contributed by atoms with Crippen molar-refractivity contribution in [3.63, 3.8) is 0 Å². The molecule has 9 nitrogen and oxygen atoms in total. The first-order valence-electron chi connectivity index (χ1n) is 13.0. The summed E-state index contributed by atoms with van der Waals surface area (Å²) in [5, 5.41) is 3.79. The number of anilines is 1. The summed E-state index contributed by atoms with van der Waals surface area (Å²) in [7, 11) is 0.822. The van der Waals surface area contributed by atoms with Crippen LogP contribution in [0.25, 0.3) is 54.3 Å². The lowest BCUT2D eigenvalue weighted by molar-refractivity contribution is 0.0964. The maximum Gasteiger partial charge on any atom is 0.255 e. The van der Waals surface area contributed by atoms with Crippen molar-refractivity contribution in [3.8, 4) is 38.8 Å². The molecule has 218 valence electrons. The minimum Gasteiger partial charge on any atom is -0.496 e. The fourth-order valence-corrected chi connectivity index (χ4v) is 6.34. The first-order chi connectivity index (χ1) is 20.6. The zero-order valence-electron chi connectivity index (χ0n) is 23.5. The lowest BCUT2D eigenvalue weighted by atomic mass is 9.97. The molecule has 0 atom stereocenters. The van der Waals surface area contributed by atoms with Gasteiger partial charge in [-0.1, -0.05) is 6.07 Å². The number of nitrogens with zero attached hydrogens (tertiary/aromatic N) is 3. The average molecular weight is 617 g/mol. The Bertz CT molecular complexity index is 2110. The summed E-state index contributed by atoms with van der Waals surface area (Å²) >= 11 is 1.46.